The van der Waals surface area contributed by atoms with Crippen molar-refractivity contribution in [1.82, 2.24) is 14.7 Å². The number of ether oxygens (including phenoxy) is 1. The van der Waals surface area contributed by atoms with Crippen LogP contribution >= 0.6 is 11.6 Å². The minimum atomic E-state index is -0.542. The highest BCUT2D eigenvalue weighted by molar-refractivity contribution is 6.33. The third-order valence-electron chi connectivity index (χ3n) is 6.29. The number of nitrogens with zero attached hydrogens (tertiary/aromatic N) is 3. The molecule has 1 fully saturated rings. The largest absolute Gasteiger partial charge is 0.444 e. The van der Waals surface area contributed by atoms with Crippen molar-refractivity contribution in [3.05, 3.63) is 76.1 Å². The fourth-order valence-electron chi connectivity index (χ4n) is 4.57. The van der Waals surface area contributed by atoms with Gasteiger partial charge in [0.25, 0.3) is 5.91 Å². The molecular formula is C28H33ClN4O3. The van der Waals surface area contributed by atoms with Crippen molar-refractivity contribution in [2.45, 2.75) is 59.0 Å². The van der Waals surface area contributed by atoms with Gasteiger partial charge in [0.2, 0.25) is 0 Å². The lowest BCUT2D eigenvalue weighted by molar-refractivity contribution is 0.0203. The maximum Gasteiger partial charge on any atom is 0.410 e. The normalized spacial score (nSPS) is 14.6. The average Bonchev–Trinajstić information content (AvgIpc) is 3.24. The highest BCUT2D eigenvalue weighted by atomic mass is 35.5. The number of aromatic nitrogens is 2. The number of halogens is 1. The van der Waals surface area contributed by atoms with E-state index in [0.717, 1.165) is 22.5 Å². The third-order valence-corrected chi connectivity index (χ3v) is 6.62. The fraction of sp³-hybridized carbons (Fsp3) is 0.393. The summed E-state index contributed by atoms with van der Waals surface area (Å²) in [6.07, 6.45) is 2.71. The van der Waals surface area contributed by atoms with Crippen LogP contribution < -0.4 is 5.32 Å². The summed E-state index contributed by atoms with van der Waals surface area (Å²) in [6.45, 7) is 10.8. The van der Waals surface area contributed by atoms with Crippen LogP contribution in [0.3, 0.4) is 0 Å². The number of hydrogen-bond acceptors (Lipinski definition) is 4. The van der Waals surface area contributed by atoms with Gasteiger partial charge in [-0.25, -0.2) is 9.48 Å². The van der Waals surface area contributed by atoms with Gasteiger partial charge in [-0.3, -0.25) is 4.79 Å². The SMILES string of the molecule is Cc1ccc(-n2ncc(C(=O)Nc3ccccc3Cl)c2C2CCN(C(=O)OC(C)(C)C)CC2)c(C)c1. The molecule has 4 rings (SSSR count). The fourth-order valence-corrected chi connectivity index (χ4v) is 4.76. The van der Waals surface area contributed by atoms with Crippen LogP contribution in [0.4, 0.5) is 10.5 Å². The van der Waals surface area contributed by atoms with Crippen molar-refractivity contribution in [2.24, 2.45) is 0 Å². The average molecular weight is 509 g/mol. The molecule has 8 heteroatoms. The number of likely N-dealkylation sites (tertiary alicyclic amines) is 1. The number of anilines is 1. The number of amides is 2. The second kappa shape index (κ2) is 10.3. The number of rotatable bonds is 4. The third kappa shape index (κ3) is 5.73. The number of carbonyl (C=O) groups is 2. The zero-order chi connectivity index (χ0) is 26.0. The number of nitrogens with one attached hydrogen (secondary N) is 1. The Balaban J connectivity index is 1.65. The molecule has 2 amide bonds. The molecule has 0 spiro atoms. The van der Waals surface area contributed by atoms with E-state index in [1.54, 1.807) is 23.2 Å². The lowest BCUT2D eigenvalue weighted by atomic mass is 9.90. The first-order valence-corrected chi connectivity index (χ1v) is 12.6. The van der Waals surface area contributed by atoms with Crippen molar-refractivity contribution >= 4 is 29.3 Å². The van der Waals surface area contributed by atoms with E-state index in [0.29, 0.717) is 42.2 Å². The van der Waals surface area contributed by atoms with Gasteiger partial charge in [-0.2, -0.15) is 5.10 Å². The van der Waals surface area contributed by atoms with Gasteiger partial charge in [-0.1, -0.05) is 41.4 Å². The predicted octanol–water partition coefficient (Wildman–Crippen LogP) is 6.51. The molecule has 0 bridgehead atoms. The first-order chi connectivity index (χ1) is 17.0. The molecule has 1 saturated heterocycles. The van der Waals surface area contributed by atoms with Crippen molar-refractivity contribution in [2.75, 3.05) is 18.4 Å². The van der Waals surface area contributed by atoms with Crippen LogP contribution in [-0.4, -0.2) is 45.4 Å². The maximum atomic E-state index is 13.4. The molecule has 1 N–H and O–H groups in total. The van der Waals surface area contributed by atoms with Crippen LogP contribution in [0.15, 0.2) is 48.7 Å². The minimum Gasteiger partial charge on any atom is -0.444 e. The van der Waals surface area contributed by atoms with E-state index >= 15 is 0 Å². The first kappa shape index (κ1) is 25.8. The van der Waals surface area contributed by atoms with Crippen LogP contribution in [-0.2, 0) is 4.74 Å². The molecule has 0 unspecified atom stereocenters. The maximum absolute atomic E-state index is 13.4. The summed E-state index contributed by atoms with van der Waals surface area (Å²) in [5.41, 5.74) is 4.52. The lowest BCUT2D eigenvalue weighted by Crippen LogP contribution is -2.41. The summed E-state index contributed by atoms with van der Waals surface area (Å²) < 4.78 is 7.43. The van der Waals surface area contributed by atoms with E-state index in [9.17, 15) is 9.59 Å². The van der Waals surface area contributed by atoms with Crippen molar-refractivity contribution < 1.29 is 14.3 Å². The highest BCUT2D eigenvalue weighted by Gasteiger charge is 2.32. The molecule has 36 heavy (non-hydrogen) atoms. The van der Waals surface area contributed by atoms with Crippen molar-refractivity contribution in [3.8, 4) is 5.69 Å². The van der Waals surface area contributed by atoms with Crippen molar-refractivity contribution in [1.29, 1.82) is 0 Å². The summed E-state index contributed by atoms with van der Waals surface area (Å²) in [5.74, 6) is -0.220. The Morgan fingerprint density at radius 2 is 1.78 bits per heavy atom. The molecule has 0 atom stereocenters. The molecule has 190 valence electrons. The minimum absolute atomic E-state index is 0.0406. The Hall–Kier alpha value is -3.32. The Kier molecular flexibility index (Phi) is 7.41. The molecule has 1 aliphatic heterocycles. The number of hydrogen-bond donors (Lipinski definition) is 1. The van der Waals surface area contributed by atoms with Gasteiger partial charge in [0, 0.05) is 19.0 Å². The molecular weight excluding hydrogens is 476 g/mol. The van der Waals surface area contributed by atoms with E-state index in [1.165, 1.54) is 0 Å². The Bertz CT molecular complexity index is 1270. The molecule has 3 aromatic rings. The highest BCUT2D eigenvalue weighted by Crippen LogP contribution is 2.34. The van der Waals surface area contributed by atoms with E-state index in [1.807, 2.05) is 56.6 Å². The monoisotopic (exact) mass is 508 g/mol. The van der Waals surface area contributed by atoms with Crippen molar-refractivity contribution in [3.63, 3.8) is 0 Å². The van der Waals surface area contributed by atoms with Gasteiger partial charge >= 0.3 is 6.09 Å². The van der Waals surface area contributed by atoms with Gasteiger partial charge in [0.1, 0.15) is 5.60 Å². The van der Waals surface area contributed by atoms with Crippen LogP contribution in [0, 0.1) is 13.8 Å². The molecule has 2 heterocycles. The zero-order valence-electron chi connectivity index (χ0n) is 21.5. The first-order valence-electron chi connectivity index (χ1n) is 12.2. The van der Waals surface area contributed by atoms with Gasteiger partial charge in [0.15, 0.2) is 0 Å². The molecule has 0 aliphatic carbocycles. The van der Waals surface area contributed by atoms with Gasteiger partial charge in [-0.15, -0.1) is 0 Å². The number of aryl methyl sites for hydroxylation is 2. The lowest BCUT2D eigenvalue weighted by Gasteiger charge is -2.34. The molecule has 0 saturated carbocycles. The van der Waals surface area contributed by atoms with Gasteiger partial charge in [0.05, 0.1) is 33.9 Å². The molecule has 1 aliphatic rings. The number of para-hydroxylation sites is 1. The van der Waals surface area contributed by atoms with Gasteiger partial charge < -0.3 is 15.0 Å². The topological polar surface area (TPSA) is 76.5 Å². The van der Waals surface area contributed by atoms with E-state index in [4.69, 9.17) is 16.3 Å². The van der Waals surface area contributed by atoms with Gasteiger partial charge in [-0.05, 0) is 71.2 Å². The Morgan fingerprint density at radius 3 is 2.42 bits per heavy atom. The number of piperidine rings is 1. The summed E-state index contributed by atoms with van der Waals surface area (Å²) in [4.78, 5) is 27.8. The zero-order valence-corrected chi connectivity index (χ0v) is 22.2. The molecule has 7 nitrogen and oxygen atoms in total. The molecule has 2 aromatic carbocycles. The number of benzene rings is 2. The Morgan fingerprint density at radius 1 is 1.08 bits per heavy atom. The molecule has 1 aromatic heterocycles. The van der Waals surface area contributed by atoms with Crippen LogP contribution in [0.25, 0.3) is 5.69 Å². The number of carbonyl (C=O) groups excluding carboxylic acids is 2. The summed E-state index contributed by atoms with van der Waals surface area (Å²) >= 11 is 6.29. The smallest absolute Gasteiger partial charge is 0.410 e. The summed E-state index contributed by atoms with van der Waals surface area (Å²) in [5, 5.41) is 8.07. The Labute approximate surface area is 217 Å². The standard InChI is InChI=1S/C28H33ClN4O3/c1-18-10-11-24(19(2)16-18)33-25(20-12-14-32(15-13-20)27(35)36-28(3,4)5)21(17-30-33)26(34)31-23-9-7-6-8-22(23)29/h6-11,16-17,20H,12-15H2,1-5H3,(H,31,34). The second-order valence-corrected chi connectivity index (χ2v) is 10.7. The molecule has 0 radical (unpaired) electrons. The van der Waals surface area contributed by atoms with Crippen LogP contribution in [0.1, 0.15) is 66.7 Å². The predicted molar refractivity (Wildman–Crippen MR) is 142 cm³/mol. The van der Waals surface area contributed by atoms with Crippen LogP contribution in [0.2, 0.25) is 5.02 Å². The van der Waals surface area contributed by atoms with E-state index < -0.39 is 5.60 Å². The summed E-state index contributed by atoms with van der Waals surface area (Å²) in [7, 11) is 0. The quantitative estimate of drug-likeness (QED) is 0.436. The van der Waals surface area contributed by atoms with E-state index in [2.05, 4.69) is 23.4 Å². The van der Waals surface area contributed by atoms with Crippen LogP contribution in [0.5, 0.6) is 0 Å². The second-order valence-electron chi connectivity index (χ2n) is 10.3. The van der Waals surface area contributed by atoms with E-state index in [-0.39, 0.29) is 17.9 Å². The summed E-state index contributed by atoms with van der Waals surface area (Å²) in [6, 6.07) is 13.3.